The first-order valence-corrected chi connectivity index (χ1v) is 5.19. The van der Waals surface area contributed by atoms with Crippen LogP contribution in [-0.4, -0.2) is 23.0 Å². The maximum atomic E-state index is 5.29. The van der Waals surface area contributed by atoms with Crippen LogP contribution in [0.4, 0.5) is 0 Å². The number of aromatic nitrogens is 2. The van der Waals surface area contributed by atoms with Gasteiger partial charge in [0.05, 0.1) is 6.61 Å². The van der Waals surface area contributed by atoms with E-state index in [4.69, 9.17) is 4.74 Å². The number of nitrogens with zero attached hydrogens (tertiary/aromatic N) is 2. The molecule has 1 fully saturated rings. The van der Waals surface area contributed by atoms with Crippen LogP contribution >= 0.6 is 22.6 Å². The average Bonchev–Trinajstić information content (AvgIpc) is 2.63. The number of ether oxygens (including phenoxy) is 1. The molecule has 1 aliphatic rings. The number of hydrogen-bond acceptors (Lipinski definition) is 2. The Bertz CT molecular complexity index is 255. The van der Waals surface area contributed by atoms with Crippen molar-refractivity contribution in [3.63, 3.8) is 0 Å². The van der Waals surface area contributed by atoms with Gasteiger partial charge in [0.15, 0.2) is 0 Å². The van der Waals surface area contributed by atoms with Gasteiger partial charge in [-0.05, 0) is 35.1 Å². The van der Waals surface area contributed by atoms with Crippen molar-refractivity contribution in [1.82, 2.24) is 9.78 Å². The summed E-state index contributed by atoms with van der Waals surface area (Å²) in [4.78, 5) is 0. The average molecular weight is 278 g/mol. The summed E-state index contributed by atoms with van der Waals surface area (Å²) in [6.07, 6.45) is 3.20. The van der Waals surface area contributed by atoms with Crippen LogP contribution in [-0.2, 0) is 11.3 Å². The molecular formula is C8H11IN2O. The van der Waals surface area contributed by atoms with Crippen molar-refractivity contribution in [2.75, 3.05) is 13.2 Å². The first kappa shape index (κ1) is 8.50. The summed E-state index contributed by atoms with van der Waals surface area (Å²) in [6, 6.07) is 2.02. The van der Waals surface area contributed by atoms with Crippen LogP contribution in [0.25, 0.3) is 0 Å². The van der Waals surface area contributed by atoms with Gasteiger partial charge in [0.1, 0.15) is 3.70 Å². The van der Waals surface area contributed by atoms with E-state index in [2.05, 4.69) is 27.7 Å². The van der Waals surface area contributed by atoms with Crippen LogP contribution in [0.15, 0.2) is 12.3 Å². The Morgan fingerprint density at radius 2 is 2.67 bits per heavy atom. The first-order chi connectivity index (χ1) is 5.84. The molecule has 0 radical (unpaired) electrons. The quantitative estimate of drug-likeness (QED) is 0.767. The maximum absolute atomic E-state index is 5.29. The van der Waals surface area contributed by atoms with Crippen molar-refractivity contribution in [3.05, 3.63) is 16.0 Å². The second-order valence-corrected chi connectivity index (χ2v) is 4.20. The zero-order valence-corrected chi connectivity index (χ0v) is 8.90. The molecule has 1 aromatic heterocycles. The van der Waals surface area contributed by atoms with Gasteiger partial charge in [-0.25, -0.2) is 0 Å². The van der Waals surface area contributed by atoms with Crippen molar-refractivity contribution < 1.29 is 4.74 Å². The molecule has 2 rings (SSSR count). The molecule has 1 atom stereocenters. The van der Waals surface area contributed by atoms with E-state index in [9.17, 15) is 0 Å². The van der Waals surface area contributed by atoms with Crippen LogP contribution in [0.3, 0.4) is 0 Å². The normalized spacial score (nSPS) is 23.2. The summed E-state index contributed by atoms with van der Waals surface area (Å²) in [5.74, 6) is 0.667. The van der Waals surface area contributed by atoms with E-state index in [0.29, 0.717) is 5.92 Å². The molecule has 1 aliphatic heterocycles. The van der Waals surface area contributed by atoms with Crippen molar-refractivity contribution >= 4 is 22.6 Å². The molecule has 3 nitrogen and oxygen atoms in total. The lowest BCUT2D eigenvalue weighted by atomic mass is 10.1. The number of halogens is 1. The number of hydrogen-bond donors (Lipinski definition) is 0. The predicted molar refractivity (Wildman–Crippen MR) is 53.9 cm³/mol. The molecule has 0 aromatic carbocycles. The molecule has 0 N–H and O–H groups in total. The van der Waals surface area contributed by atoms with Gasteiger partial charge in [0.2, 0.25) is 0 Å². The van der Waals surface area contributed by atoms with E-state index in [-0.39, 0.29) is 0 Å². The molecule has 66 valence electrons. The van der Waals surface area contributed by atoms with E-state index in [1.165, 1.54) is 6.42 Å². The van der Waals surface area contributed by atoms with E-state index in [0.717, 1.165) is 23.5 Å². The molecule has 0 bridgehead atoms. The second-order valence-electron chi connectivity index (χ2n) is 3.09. The molecule has 2 heterocycles. The van der Waals surface area contributed by atoms with Crippen LogP contribution in [0.2, 0.25) is 0 Å². The Balaban J connectivity index is 1.94. The Hall–Kier alpha value is -0.100. The van der Waals surface area contributed by atoms with E-state index in [1.54, 1.807) is 0 Å². The minimum absolute atomic E-state index is 0.667. The van der Waals surface area contributed by atoms with Crippen molar-refractivity contribution in [3.8, 4) is 0 Å². The molecular weight excluding hydrogens is 267 g/mol. The summed E-state index contributed by atoms with van der Waals surface area (Å²) in [5.41, 5.74) is 0. The Kier molecular flexibility index (Phi) is 2.65. The fourth-order valence-electron chi connectivity index (χ4n) is 1.43. The van der Waals surface area contributed by atoms with Gasteiger partial charge in [-0.15, -0.1) is 0 Å². The van der Waals surface area contributed by atoms with E-state index in [1.807, 2.05) is 16.9 Å². The molecule has 0 saturated carbocycles. The van der Waals surface area contributed by atoms with Crippen molar-refractivity contribution in [1.29, 1.82) is 0 Å². The third kappa shape index (κ3) is 1.98. The van der Waals surface area contributed by atoms with Crippen LogP contribution in [0, 0.1) is 9.62 Å². The minimum Gasteiger partial charge on any atom is -0.381 e. The lowest BCUT2D eigenvalue weighted by molar-refractivity contribution is 0.181. The fraction of sp³-hybridized carbons (Fsp3) is 0.625. The van der Waals surface area contributed by atoms with E-state index >= 15 is 0 Å². The summed E-state index contributed by atoms with van der Waals surface area (Å²) >= 11 is 2.22. The highest BCUT2D eigenvalue weighted by Crippen LogP contribution is 2.14. The lowest BCUT2D eigenvalue weighted by Gasteiger charge is -2.06. The van der Waals surface area contributed by atoms with Gasteiger partial charge in [-0.1, -0.05) is 0 Å². The van der Waals surface area contributed by atoms with Gasteiger partial charge < -0.3 is 4.74 Å². The predicted octanol–water partition coefficient (Wildman–Crippen LogP) is 1.52. The highest BCUT2D eigenvalue weighted by molar-refractivity contribution is 14.1. The topological polar surface area (TPSA) is 27.1 Å². The van der Waals surface area contributed by atoms with Crippen molar-refractivity contribution in [2.45, 2.75) is 13.0 Å². The number of rotatable bonds is 2. The summed E-state index contributed by atoms with van der Waals surface area (Å²) in [5, 5.41) is 4.32. The molecule has 0 amide bonds. The standard InChI is InChI=1S/C8H11IN2O/c9-8-1-3-11(10-8)5-7-2-4-12-6-7/h1,3,7H,2,4-6H2. The minimum atomic E-state index is 0.667. The van der Waals surface area contributed by atoms with Gasteiger partial charge in [-0.2, -0.15) is 5.10 Å². The third-order valence-electron chi connectivity index (χ3n) is 2.08. The summed E-state index contributed by atoms with van der Waals surface area (Å²) in [6.45, 7) is 2.82. The maximum Gasteiger partial charge on any atom is 0.123 e. The second kappa shape index (κ2) is 3.74. The lowest BCUT2D eigenvalue weighted by Crippen LogP contribution is -2.10. The summed E-state index contributed by atoms with van der Waals surface area (Å²) < 4.78 is 8.36. The molecule has 1 saturated heterocycles. The zero-order valence-electron chi connectivity index (χ0n) is 6.74. The van der Waals surface area contributed by atoms with Gasteiger partial charge in [-0.3, -0.25) is 4.68 Å². The van der Waals surface area contributed by atoms with Gasteiger partial charge >= 0.3 is 0 Å². The smallest absolute Gasteiger partial charge is 0.123 e. The molecule has 12 heavy (non-hydrogen) atoms. The molecule has 1 aromatic rings. The Morgan fingerprint density at radius 1 is 1.75 bits per heavy atom. The zero-order chi connectivity index (χ0) is 8.39. The van der Waals surface area contributed by atoms with Crippen LogP contribution in [0.5, 0.6) is 0 Å². The fourth-order valence-corrected chi connectivity index (χ4v) is 1.87. The van der Waals surface area contributed by atoms with E-state index < -0.39 is 0 Å². The Morgan fingerprint density at radius 3 is 3.25 bits per heavy atom. The third-order valence-corrected chi connectivity index (χ3v) is 2.65. The SMILES string of the molecule is Ic1ccn(CC2CCOC2)n1. The van der Waals surface area contributed by atoms with Gasteiger partial charge in [0, 0.05) is 25.3 Å². The highest BCUT2D eigenvalue weighted by atomic mass is 127. The monoisotopic (exact) mass is 278 g/mol. The van der Waals surface area contributed by atoms with Gasteiger partial charge in [0.25, 0.3) is 0 Å². The largest absolute Gasteiger partial charge is 0.381 e. The van der Waals surface area contributed by atoms with Crippen LogP contribution < -0.4 is 0 Å². The highest BCUT2D eigenvalue weighted by Gasteiger charge is 2.16. The molecule has 0 aliphatic carbocycles. The molecule has 4 heteroatoms. The summed E-state index contributed by atoms with van der Waals surface area (Å²) in [7, 11) is 0. The van der Waals surface area contributed by atoms with Crippen LogP contribution in [0.1, 0.15) is 6.42 Å². The van der Waals surface area contributed by atoms with Crippen molar-refractivity contribution in [2.24, 2.45) is 5.92 Å². The molecule has 1 unspecified atom stereocenters. The first-order valence-electron chi connectivity index (χ1n) is 4.11. The Labute approximate surface area is 85.2 Å². The molecule has 0 spiro atoms.